The van der Waals surface area contributed by atoms with E-state index in [1.165, 1.54) is 0 Å². The molecule has 0 aliphatic heterocycles. The predicted octanol–water partition coefficient (Wildman–Crippen LogP) is 3.45. The topological polar surface area (TPSA) is 57.9 Å². The van der Waals surface area contributed by atoms with Gasteiger partial charge in [0.2, 0.25) is 0 Å². The summed E-state index contributed by atoms with van der Waals surface area (Å²) < 4.78 is 24.7. The second-order valence-electron chi connectivity index (χ2n) is 4.60. The van der Waals surface area contributed by atoms with E-state index in [4.69, 9.17) is 0 Å². The van der Waals surface area contributed by atoms with Gasteiger partial charge in [0.05, 0.1) is 11.0 Å². The summed E-state index contributed by atoms with van der Waals surface area (Å²) in [7, 11) is -3.61. The van der Waals surface area contributed by atoms with E-state index in [1.807, 2.05) is 0 Å². The Morgan fingerprint density at radius 3 is 2.33 bits per heavy atom. The van der Waals surface area contributed by atoms with E-state index in [0.717, 1.165) is 19.3 Å². The molecule has 1 aliphatic carbocycles. The summed E-state index contributed by atoms with van der Waals surface area (Å²) in [6.45, 7) is 0. The van der Waals surface area contributed by atoms with Gasteiger partial charge in [0.1, 0.15) is 0 Å². The third-order valence-electron chi connectivity index (χ3n) is 3.51. The van der Waals surface area contributed by atoms with Crippen LogP contribution >= 0.6 is 15.9 Å². The lowest BCUT2D eigenvalue weighted by Gasteiger charge is -2.30. The number of hydrogen-bond donors (Lipinski definition) is 0. The Bertz CT molecular complexity index is 583. The molecule has 1 saturated carbocycles. The van der Waals surface area contributed by atoms with Crippen molar-refractivity contribution in [3.05, 3.63) is 28.7 Å². The molecule has 0 unspecified atom stereocenters. The maximum atomic E-state index is 12.7. The smallest absolute Gasteiger partial charge is 0.198 e. The number of halogens is 1. The molecule has 1 aromatic carbocycles. The van der Waals surface area contributed by atoms with Gasteiger partial charge in [-0.05, 0) is 40.9 Å². The minimum absolute atomic E-state index is 0.230. The van der Waals surface area contributed by atoms with Crippen LogP contribution in [0, 0.1) is 11.3 Å². The highest BCUT2D eigenvalue weighted by Crippen LogP contribution is 2.40. The van der Waals surface area contributed by atoms with Gasteiger partial charge in [0, 0.05) is 4.47 Å². The summed E-state index contributed by atoms with van der Waals surface area (Å²) in [4.78, 5) is 0.230. The average molecular weight is 328 g/mol. The highest BCUT2D eigenvalue weighted by molar-refractivity contribution is 9.10. The summed E-state index contributed by atoms with van der Waals surface area (Å²) in [5.74, 6) is 0. The van der Waals surface area contributed by atoms with Crippen molar-refractivity contribution in [1.82, 2.24) is 0 Å². The van der Waals surface area contributed by atoms with Gasteiger partial charge in [-0.1, -0.05) is 31.4 Å². The fraction of sp³-hybridized carbons (Fsp3) is 0.462. The molecule has 3 nitrogen and oxygen atoms in total. The Morgan fingerprint density at radius 2 is 1.78 bits per heavy atom. The molecule has 18 heavy (non-hydrogen) atoms. The maximum Gasteiger partial charge on any atom is 0.198 e. The first-order valence-corrected chi connectivity index (χ1v) is 8.21. The van der Waals surface area contributed by atoms with E-state index in [1.54, 1.807) is 24.3 Å². The molecule has 96 valence electrons. The number of rotatable bonds is 2. The van der Waals surface area contributed by atoms with Gasteiger partial charge in [-0.3, -0.25) is 0 Å². The zero-order valence-electron chi connectivity index (χ0n) is 9.89. The standard InChI is InChI=1S/C13H14BrNO2S/c14-11-6-2-3-7-12(11)18(16,17)13(10-15)8-4-1-5-9-13/h2-3,6-7H,1,4-5,8-9H2. The minimum atomic E-state index is -3.61. The number of hydrogen-bond acceptors (Lipinski definition) is 3. The molecule has 0 N–H and O–H groups in total. The van der Waals surface area contributed by atoms with E-state index in [0.29, 0.717) is 17.3 Å². The van der Waals surface area contributed by atoms with Gasteiger partial charge < -0.3 is 0 Å². The third kappa shape index (κ3) is 2.08. The Balaban J connectivity index is 2.55. The van der Waals surface area contributed by atoms with Gasteiger partial charge in [0.15, 0.2) is 14.6 Å². The Morgan fingerprint density at radius 1 is 1.17 bits per heavy atom. The minimum Gasteiger partial charge on any atom is -0.222 e. The SMILES string of the molecule is N#CC1(S(=O)(=O)c2ccccc2Br)CCCCC1. The molecule has 2 rings (SSSR count). The first kappa shape index (κ1) is 13.6. The summed E-state index contributed by atoms with van der Waals surface area (Å²) in [6.07, 6.45) is 3.49. The maximum absolute atomic E-state index is 12.7. The van der Waals surface area contributed by atoms with Gasteiger partial charge in [0.25, 0.3) is 0 Å². The molecule has 1 aliphatic rings. The number of nitrogens with zero attached hydrogens (tertiary/aromatic N) is 1. The number of sulfone groups is 1. The van der Waals surface area contributed by atoms with Crippen LogP contribution in [0.3, 0.4) is 0 Å². The monoisotopic (exact) mass is 327 g/mol. The van der Waals surface area contributed by atoms with Crippen molar-refractivity contribution >= 4 is 25.8 Å². The van der Waals surface area contributed by atoms with E-state index in [-0.39, 0.29) is 4.90 Å². The average Bonchev–Trinajstić information content (AvgIpc) is 2.39. The summed E-state index contributed by atoms with van der Waals surface area (Å²) in [6, 6.07) is 8.79. The Hall–Kier alpha value is -0.860. The van der Waals surface area contributed by atoms with Gasteiger partial charge in [-0.25, -0.2) is 8.42 Å². The van der Waals surface area contributed by atoms with Crippen molar-refractivity contribution in [3.8, 4) is 6.07 Å². The van der Waals surface area contributed by atoms with Crippen LogP contribution in [0.25, 0.3) is 0 Å². The molecule has 0 bridgehead atoms. The highest BCUT2D eigenvalue weighted by Gasteiger charge is 2.46. The fourth-order valence-corrected chi connectivity index (χ4v) is 5.31. The lowest BCUT2D eigenvalue weighted by molar-refractivity contribution is 0.430. The molecule has 0 heterocycles. The van der Waals surface area contributed by atoms with E-state index < -0.39 is 14.6 Å². The Kier molecular flexibility index (Phi) is 3.79. The molecule has 5 heteroatoms. The first-order chi connectivity index (χ1) is 8.53. The van der Waals surface area contributed by atoms with Crippen molar-refractivity contribution in [1.29, 1.82) is 5.26 Å². The predicted molar refractivity (Wildman–Crippen MR) is 72.8 cm³/mol. The lowest BCUT2D eigenvalue weighted by atomic mass is 9.89. The summed E-state index contributed by atoms with van der Waals surface area (Å²) >= 11 is 3.26. The van der Waals surface area contributed by atoms with Crippen molar-refractivity contribution in [2.24, 2.45) is 0 Å². The molecule has 0 radical (unpaired) electrons. The second kappa shape index (κ2) is 5.02. The van der Waals surface area contributed by atoms with Crippen molar-refractivity contribution in [2.45, 2.75) is 41.7 Å². The third-order valence-corrected chi connectivity index (χ3v) is 6.92. The normalized spacial score (nSPS) is 19.1. The summed E-state index contributed by atoms with van der Waals surface area (Å²) in [5, 5.41) is 9.38. The molecular formula is C13H14BrNO2S. The van der Waals surface area contributed by atoms with Crippen LogP contribution in [-0.2, 0) is 9.84 Å². The molecular weight excluding hydrogens is 314 g/mol. The zero-order valence-corrected chi connectivity index (χ0v) is 12.3. The van der Waals surface area contributed by atoms with Gasteiger partial charge >= 0.3 is 0 Å². The van der Waals surface area contributed by atoms with Crippen LogP contribution in [0.5, 0.6) is 0 Å². The van der Waals surface area contributed by atoms with E-state index >= 15 is 0 Å². The highest BCUT2D eigenvalue weighted by atomic mass is 79.9. The van der Waals surface area contributed by atoms with Crippen molar-refractivity contribution < 1.29 is 8.42 Å². The van der Waals surface area contributed by atoms with Crippen LogP contribution in [0.2, 0.25) is 0 Å². The molecule has 0 aromatic heterocycles. The number of nitriles is 1. The molecule has 1 fully saturated rings. The second-order valence-corrected chi connectivity index (χ2v) is 7.68. The van der Waals surface area contributed by atoms with Crippen LogP contribution in [0.15, 0.2) is 33.6 Å². The quantitative estimate of drug-likeness (QED) is 0.835. The molecule has 0 spiro atoms. The van der Waals surface area contributed by atoms with Crippen LogP contribution in [0.1, 0.15) is 32.1 Å². The van der Waals surface area contributed by atoms with E-state index in [9.17, 15) is 13.7 Å². The molecule has 1 aromatic rings. The lowest BCUT2D eigenvalue weighted by Crippen LogP contribution is -2.39. The van der Waals surface area contributed by atoms with Crippen LogP contribution in [0.4, 0.5) is 0 Å². The largest absolute Gasteiger partial charge is 0.222 e. The fourth-order valence-electron chi connectivity index (χ4n) is 2.44. The van der Waals surface area contributed by atoms with Gasteiger partial charge in [-0.2, -0.15) is 5.26 Å². The van der Waals surface area contributed by atoms with E-state index in [2.05, 4.69) is 22.0 Å². The molecule has 0 amide bonds. The Labute approximate surface area is 116 Å². The van der Waals surface area contributed by atoms with Crippen molar-refractivity contribution in [2.75, 3.05) is 0 Å². The molecule has 0 atom stereocenters. The van der Waals surface area contributed by atoms with Crippen molar-refractivity contribution in [3.63, 3.8) is 0 Å². The van der Waals surface area contributed by atoms with Crippen LogP contribution in [-0.4, -0.2) is 13.2 Å². The first-order valence-electron chi connectivity index (χ1n) is 5.94. The summed E-state index contributed by atoms with van der Waals surface area (Å²) in [5.41, 5.74) is 0. The van der Waals surface area contributed by atoms with Crippen LogP contribution < -0.4 is 0 Å². The molecule has 0 saturated heterocycles. The van der Waals surface area contributed by atoms with Gasteiger partial charge in [-0.15, -0.1) is 0 Å². The number of benzene rings is 1. The zero-order chi connectivity index (χ0) is 13.2.